The van der Waals surface area contributed by atoms with E-state index >= 15 is 0 Å². The van der Waals surface area contributed by atoms with Crippen LogP contribution < -0.4 is 5.32 Å². The van der Waals surface area contributed by atoms with Crippen LogP contribution in [0.15, 0.2) is 24.3 Å². The number of nitrogens with one attached hydrogen (secondary N) is 1. The molecular formula is C14H21N3O2. The van der Waals surface area contributed by atoms with Crippen LogP contribution >= 0.6 is 0 Å². The minimum Gasteiger partial charge on any atom is -0.508 e. The van der Waals surface area contributed by atoms with Gasteiger partial charge in [0.2, 0.25) is 5.91 Å². The molecule has 2 rings (SSSR count). The van der Waals surface area contributed by atoms with Crippen molar-refractivity contribution in [2.24, 2.45) is 0 Å². The molecule has 2 N–H and O–H groups in total. The molecule has 0 unspecified atom stereocenters. The summed E-state index contributed by atoms with van der Waals surface area (Å²) in [7, 11) is 2.07. The number of hydrogen-bond donors (Lipinski definition) is 2. The number of phenolic OH excluding ortho intramolecular Hbond substituents is 1. The third-order valence-electron chi connectivity index (χ3n) is 3.40. The van der Waals surface area contributed by atoms with Gasteiger partial charge in [0.1, 0.15) is 5.75 Å². The first-order valence-corrected chi connectivity index (χ1v) is 6.60. The standard InChI is InChI=1S/C14H21N3O2/c1-16-6-8-17(9-7-16)14(19)11-15-10-12-2-4-13(18)5-3-12/h2-5,15,18H,6-11H2,1H3. The molecule has 0 atom stereocenters. The molecule has 1 aliphatic heterocycles. The Morgan fingerprint density at radius 1 is 1.21 bits per heavy atom. The molecule has 104 valence electrons. The van der Waals surface area contributed by atoms with Gasteiger partial charge in [0, 0.05) is 32.7 Å². The molecule has 0 saturated carbocycles. The highest BCUT2D eigenvalue weighted by atomic mass is 16.3. The summed E-state index contributed by atoms with van der Waals surface area (Å²) >= 11 is 0. The smallest absolute Gasteiger partial charge is 0.236 e. The maximum atomic E-state index is 12.0. The molecule has 1 aromatic carbocycles. The van der Waals surface area contributed by atoms with Crippen LogP contribution in [0.1, 0.15) is 5.56 Å². The lowest BCUT2D eigenvalue weighted by atomic mass is 10.2. The van der Waals surface area contributed by atoms with Gasteiger partial charge in [0.05, 0.1) is 6.54 Å². The fraction of sp³-hybridized carbons (Fsp3) is 0.500. The Bertz CT molecular complexity index is 411. The van der Waals surface area contributed by atoms with Crippen LogP contribution in [-0.4, -0.2) is 60.6 Å². The van der Waals surface area contributed by atoms with Crippen molar-refractivity contribution in [2.45, 2.75) is 6.54 Å². The zero-order valence-corrected chi connectivity index (χ0v) is 11.3. The monoisotopic (exact) mass is 263 g/mol. The van der Waals surface area contributed by atoms with E-state index < -0.39 is 0 Å². The van der Waals surface area contributed by atoms with Gasteiger partial charge in [-0.2, -0.15) is 0 Å². The van der Waals surface area contributed by atoms with Crippen molar-refractivity contribution in [3.8, 4) is 5.75 Å². The maximum absolute atomic E-state index is 12.0. The molecule has 0 aromatic heterocycles. The van der Waals surface area contributed by atoms with Crippen LogP contribution in [0.3, 0.4) is 0 Å². The number of carbonyl (C=O) groups excluding carboxylic acids is 1. The van der Waals surface area contributed by atoms with Gasteiger partial charge in [-0.15, -0.1) is 0 Å². The Morgan fingerprint density at radius 3 is 2.47 bits per heavy atom. The highest BCUT2D eigenvalue weighted by Gasteiger charge is 2.18. The van der Waals surface area contributed by atoms with Crippen molar-refractivity contribution in [1.29, 1.82) is 0 Å². The highest BCUT2D eigenvalue weighted by molar-refractivity contribution is 5.78. The van der Waals surface area contributed by atoms with Crippen molar-refractivity contribution in [2.75, 3.05) is 39.8 Å². The van der Waals surface area contributed by atoms with E-state index in [0.29, 0.717) is 13.1 Å². The van der Waals surface area contributed by atoms with Gasteiger partial charge < -0.3 is 20.2 Å². The third-order valence-corrected chi connectivity index (χ3v) is 3.40. The predicted octanol–water partition coefficient (Wildman–Crippen LogP) is 0.256. The molecule has 19 heavy (non-hydrogen) atoms. The number of piperazine rings is 1. The summed E-state index contributed by atoms with van der Waals surface area (Å²) in [6.45, 7) is 4.53. The molecule has 5 nitrogen and oxygen atoms in total. The summed E-state index contributed by atoms with van der Waals surface area (Å²) in [5, 5.41) is 12.3. The summed E-state index contributed by atoms with van der Waals surface area (Å²) < 4.78 is 0. The first kappa shape index (κ1) is 13.8. The van der Waals surface area contributed by atoms with E-state index in [2.05, 4.69) is 17.3 Å². The second kappa shape index (κ2) is 6.54. The van der Waals surface area contributed by atoms with E-state index in [1.54, 1.807) is 12.1 Å². The van der Waals surface area contributed by atoms with Gasteiger partial charge >= 0.3 is 0 Å². The Kier molecular flexibility index (Phi) is 4.76. The first-order chi connectivity index (χ1) is 9.15. The van der Waals surface area contributed by atoms with Gasteiger partial charge in [0.25, 0.3) is 0 Å². The molecule has 1 fully saturated rings. The summed E-state index contributed by atoms with van der Waals surface area (Å²) in [5.41, 5.74) is 1.06. The molecule has 0 bridgehead atoms. The average molecular weight is 263 g/mol. The maximum Gasteiger partial charge on any atom is 0.236 e. The van der Waals surface area contributed by atoms with Crippen molar-refractivity contribution < 1.29 is 9.90 Å². The van der Waals surface area contributed by atoms with Gasteiger partial charge in [-0.1, -0.05) is 12.1 Å². The molecule has 0 radical (unpaired) electrons. The number of aromatic hydroxyl groups is 1. The normalized spacial score (nSPS) is 16.6. The van der Waals surface area contributed by atoms with Crippen LogP contribution in [0, 0.1) is 0 Å². The quantitative estimate of drug-likeness (QED) is 0.818. The molecule has 5 heteroatoms. The molecule has 1 aromatic rings. The molecule has 1 saturated heterocycles. The molecule has 1 amide bonds. The summed E-state index contributed by atoms with van der Waals surface area (Å²) in [4.78, 5) is 16.1. The van der Waals surface area contributed by atoms with E-state index in [-0.39, 0.29) is 11.7 Å². The summed E-state index contributed by atoms with van der Waals surface area (Å²) in [6, 6.07) is 7.00. The lowest BCUT2D eigenvalue weighted by Gasteiger charge is -2.32. The average Bonchev–Trinajstić information content (AvgIpc) is 2.41. The largest absolute Gasteiger partial charge is 0.508 e. The number of hydrogen-bond acceptors (Lipinski definition) is 4. The SMILES string of the molecule is CN1CCN(C(=O)CNCc2ccc(O)cc2)CC1. The van der Waals surface area contributed by atoms with Crippen LogP contribution in [0.25, 0.3) is 0 Å². The van der Waals surface area contributed by atoms with Gasteiger partial charge in [-0.05, 0) is 24.7 Å². The van der Waals surface area contributed by atoms with Crippen LogP contribution in [0.2, 0.25) is 0 Å². The van der Waals surface area contributed by atoms with Gasteiger partial charge in [0.15, 0.2) is 0 Å². The molecular weight excluding hydrogens is 242 g/mol. The zero-order chi connectivity index (χ0) is 13.7. The zero-order valence-electron chi connectivity index (χ0n) is 11.3. The lowest BCUT2D eigenvalue weighted by Crippen LogP contribution is -2.49. The number of nitrogens with zero attached hydrogens (tertiary/aromatic N) is 2. The van der Waals surface area contributed by atoms with E-state index in [0.717, 1.165) is 31.7 Å². The fourth-order valence-corrected chi connectivity index (χ4v) is 2.10. The van der Waals surface area contributed by atoms with Crippen molar-refractivity contribution in [1.82, 2.24) is 15.1 Å². The molecule has 1 aliphatic rings. The molecule has 0 spiro atoms. The number of carbonyl (C=O) groups is 1. The molecule has 1 heterocycles. The van der Waals surface area contributed by atoms with Crippen molar-refractivity contribution in [3.63, 3.8) is 0 Å². The van der Waals surface area contributed by atoms with E-state index in [1.165, 1.54) is 0 Å². The third kappa shape index (κ3) is 4.22. The predicted molar refractivity (Wildman–Crippen MR) is 73.9 cm³/mol. The van der Waals surface area contributed by atoms with E-state index in [9.17, 15) is 9.90 Å². The highest BCUT2D eigenvalue weighted by Crippen LogP contribution is 2.09. The second-order valence-electron chi connectivity index (χ2n) is 4.95. The topological polar surface area (TPSA) is 55.8 Å². The Labute approximate surface area is 113 Å². The summed E-state index contributed by atoms with van der Waals surface area (Å²) in [6.07, 6.45) is 0. The minimum absolute atomic E-state index is 0.159. The van der Waals surface area contributed by atoms with E-state index in [1.807, 2.05) is 17.0 Å². The van der Waals surface area contributed by atoms with Gasteiger partial charge in [-0.3, -0.25) is 4.79 Å². The number of rotatable bonds is 4. The summed E-state index contributed by atoms with van der Waals surface area (Å²) in [5.74, 6) is 0.421. The van der Waals surface area contributed by atoms with Crippen molar-refractivity contribution in [3.05, 3.63) is 29.8 Å². The second-order valence-corrected chi connectivity index (χ2v) is 4.95. The number of amides is 1. The fourth-order valence-electron chi connectivity index (χ4n) is 2.10. The van der Waals surface area contributed by atoms with Gasteiger partial charge in [-0.25, -0.2) is 0 Å². The Hall–Kier alpha value is -1.59. The first-order valence-electron chi connectivity index (χ1n) is 6.60. The van der Waals surface area contributed by atoms with Crippen LogP contribution in [0.5, 0.6) is 5.75 Å². The van der Waals surface area contributed by atoms with E-state index in [4.69, 9.17) is 0 Å². The molecule has 0 aliphatic carbocycles. The number of likely N-dealkylation sites (N-methyl/N-ethyl adjacent to an activating group) is 1. The minimum atomic E-state index is 0.159. The Morgan fingerprint density at radius 2 is 1.84 bits per heavy atom. The van der Waals surface area contributed by atoms with Crippen LogP contribution in [0.4, 0.5) is 0 Å². The Balaban J connectivity index is 1.70. The lowest BCUT2D eigenvalue weighted by molar-refractivity contribution is -0.131. The van der Waals surface area contributed by atoms with Crippen molar-refractivity contribution >= 4 is 5.91 Å². The number of benzene rings is 1. The number of phenols is 1. The van der Waals surface area contributed by atoms with Crippen LogP contribution in [-0.2, 0) is 11.3 Å².